The van der Waals surface area contributed by atoms with Gasteiger partial charge in [0.25, 0.3) is 0 Å². The van der Waals surface area contributed by atoms with Crippen LogP contribution in [0.15, 0.2) is 18.3 Å². The number of terminal acetylenes is 1. The van der Waals surface area contributed by atoms with Gasteiger partial charge in [0.15, 0.2) is 5.78 Å². The summed E-state index contributed by atoms with van der Waals surface area (Å²) in [5, 5.41) is 0. The van der Waals surface area contributed by atoms with E-state index in [1.807, 2.05) is 13.0 Å². The standard InChI is InChI=1S/C10H9NO/c1-3-5-9(12)10-8(2)6-4-7-11-10/h1,4,6-7H,5H2,2H3. The van der Waals surface area contributed by atoms with Gasteiger partial charge in [-0.3, -0.25) is 9.78 Å². The summed E-state index contributed by atoms with van der Waals surface area (Å²) < 4.78 is 0. The minimum absolute atomic E-state index is 0.0874. The van der Waals surface area contributed by atoms with E-state index in [1.165, 1.54) is 0 Å². The molecule has 1 aromatic heterocycles. The number of nitrogens with zero attached hydrogens (tertiary/aromatic N) is 1. The zero-order valence-corrected chi connectivity index (χ0v) is 6.87. The summed E-state index contributed by atoms with van der Waals surface area (Å²) in [5.41, 5.74) is 1.35. The fraction of sp³-hybridized carbons (Fsp3) is 0.200. The molecule has 0 aromatic carbocycles. The van der Waals surface area contributed by atoms with E-state index in [9.17, 15) is 4.79 Å². The predicted molar refractivity (Wildman–Crippen MR) is 46.8 cm³/mol. The van der Waals surface area contributed by atoms with Crippen LogP contribution in [0.2, 0.25) is 0 Å². The van der Waals surface area contributed by atoms with E-state index >= 15 is 0 Å². The lowest BCUT2D eigenvalue weighted by Gasteiger charge is -1.98. The number of aryl methyl sites for hydroxylation is 1. The van der Waals surface area contributed by atoms with Crippen molar-refractivity contribution in [2.24, 2.45) is 0 Å². The van der Waals surface area contributed by atoms with Crippen LogP contribution in [-0.4, -0.2) is 10.8 Å². The molecular formula is C10H9NO. The molecule has 0 saturated carbocycles. The van der Waals surface area contributed by atoms with Crippen molar-refractivity contribution in [3.8, 4) is 12.3 Å². The lowest BCUT2D eigenvalue weighted by Crippen LogP contribution is -2.02. The predicted octanol–water partition coefficient (Wildman–Crippen LogP) is 1.60. The third-order valence-electron chi connectivity index (χ3n) is 1.54. The second-order valence-electron chi connectivity index (χ2n) is 2.47. The number of carbonyl (C=O) groups excluding carboxylic acids is 1. The Morgan fingerprint density at radius 2 is 2.50 bits per heavy atom. The molecule has 12 heavy (non-hydrogen) atoms. The minimum Gasteiger partial charge on any atom is -0.291 e. The first-order chi connectivity index (χ1) is 5.75. The molecule has 0 amide bonds. The highest BCUT2D eigenvalue weighted by Crippen LogP contribution is 2.05. The van der Waals surface area contributed by atoms with Crippen LogP contribution in [-0.2, 0) is 0 Å². The molecule has 0 aliphatic rings. The maximum absolute atomic E-state index is 11.3. The van der Waals surface area contributed by atoms with E-state index < -0.39 is 0 Å². The first kappa shape index (κ1) is 8.48. The fourth-order valence-electron chi connectivity index (χ4n) is 0.954. The Morgan fingerprint density at radius 3 is 3.08 bits per heavy atom. The minimum atomic E-state index is -0.0874. The number of pyridine rings is 1. The largest absolute Gasteiger partial charge is 0.291 e. The monoisotopic (exact) mass is 159 g/mol. The van der Waals surface area contributed by atoms with Gasteiger partial charge in [-0.25, -0.2) is 0 Å². The Bertz CT molecular complexity index is 336. The fourth-order valence-corrected chi connectivity index (χ4v) is 0.954. The molecule has 0 N–H and O–H groups in total. The zero-order chi connectivity index (χ0) is 8.97. The van der Waals surface area contributed by atoms with Crippen LogP contribution in [0, 0.1) is 19.3 Å². The first-order valence-electron chi connectivity index (χ1n) is 3.64. The molecular weight excluding hydrogens is 150 g/mol. The van der Waals surface area contributed by atoms with Gasteiger partial charge in [0.05, 0.1) is 6.42 Å². The second kappa shape index (κ2) is 3.68. The van der Waals surface area contributed by atoms with Crippen LogP contribution in [0.3, 0.4) is 0 Å². The Kier molecular flexibility index (Phi) is 2.60. The summed E-state index contributed by atoms with van der Waals surface area (Å²) in [5.74, 6) is 2.22. The van der Waals surface area contributed by atoms with Gasteiger partial charge in [0.2, 0.25) is 0 Å². The third-order valence-corrected chi connectivity index (χ3v) is 1.54. The molecule has 1 rings (SSSR count). The maximum atomic E-state index is 11.3. The van der Waals surface area contributed by atoms with Gasteiger partial charge < -0.3 is 0 Å². The van der Waals surface area contributed by atoms with Gasteiger partial charge in [-0.1, -0.05) is 12.0 Å². The highest BCUT2D eigenvalue weighted by Gasteiger charge is 2.07. The normalized spacial score (nSPS) is 9.00. The number of carbonyl (C=O) groups is 1. The van der Waals surface area contributed by atoms with E-state index in [1.54, 1.807) is 12.3 Å². The lowest BCUT2D eigenvalue weighted by molar-refractivity contribution is 0.0993. The average molecular weight is 159 g/mol. The Balaban J connectivity index is 2.97. The van der Waals surface area contributed by atoms with Gasteiger partial charge in [-0.15, -0.1) is 6.42 Å². The van der Waals surface area contributed by atoms with Gasteiger partial charge >= 0.3 is 0 Å². The number of aromatic nitrogens is 1. The summed E-state index contributed by atoms with van der Waals surface area (Å²) in [4.78, 5) is 15.2. The number of hydrogen-bond donors (Lipinski definition) is 0. The van der Waals surface area contributed by atoms with Crippen molar-refractivity contribution < 1.29 is 4.79 Å². The Morgan fingerprint density at radius 1 is 1.75 bits per heavy atom. The molecule has 60 valence electrons. The Labute approximate surface area is 71.6 Å². The number of ketones is 1. The summed E-state index contributed by atoms with van der Waals surface area (Å²) in [7, 11) is 0. The van der Waals surface area contributed by atoms with Crippen LogP contribution in [0.25, 0.3) is 0 Å². The van der Waals surface area contributed by atoms with E-state index in [4.69, 9.17) is 6.42 Å². The molecule has 0 aliphatic heterocycles. The molecule has 0 bridgehead atoms. The van der Waals surface area contributed by atoms with Crippen LogP contribution < -0.4 is 0 Å². The van der Waals surface area contributed by atoms with Crippen LogP contribution in [0.5, 0.6) is 0 Å². The van der Waals surface area contributed by atoms with Crippen molar-refractivity contribution in [1.82, 2.24) is 4.98 Å². The van der Waals surface area contributed by atoms with E-state index in [2.05, 4.69) is 10.9 Å². The van der Waals surface area contributed by atoms with Gasteiger partial charge in [0, 0.05) is 6.20 Å². The SMILES string of the molecule is C#CCC(=O)c1ncccc1C. The molecule has 0 atom stereocenters. The summed E-state index contributed by atoms with van der Waals surface area (Å²) in [6.45, 7) is 1.84. The molecule has 0 radical (unpaired) electrons. The van der Waals surface area contributed by atoms with Gasteiger partial charge in [-0.05, 0) is 18.6 Å². The van der Waals surface area contributed by atoms with Crippen molar-refractivity contribution in [2.45, 2.75) is 13.3 Å². The number of rotatable bonds is 2. The molecule has 0 spiro atoms. The molecule has 2 nitrogen and oxygen atoms in total. The van der Waals surface area contributed by atoms with E-state index in [-0.39, 0.29) is 12.2 Å². The molecule has 1 aromatic rings. The third kappa shape index (κ3) is 1.70. The van der Waals surface area contributed by atoms with Crippen molar-refractivity contribution >= 4 is 5.78 Å². The second-order valence-corrected chi connectivity index (χ2v) is 2.47. The molecule has 1 heterocycles. The maximum Gasteiger partial charge on any atom is 0.193 e. The molecule has 0 fully saturated rings. The summed E-state index contributed by atoms with van der Waals surface area (Å²) in [6.07, 6.45) is 6.74. The zero-order valence-electron chi connectivity index (χ0n) is 6.87. The smallest absolute Gasteiger partial charge is 0.193 e. The van der Waals surface area contributed by atoms with Crippen LogP contribution in [0.1, 0.15) is 22.5 Å². The number of Topliss-reactive ketones (excluding diaryl/α,β-unsaturated/α-hetero) is 1. The van der Waals surface area contributed by atoms with E-state index in [0.717, 1.165) is 5.56 Å². The quantitative estimate of drug-likeness (QED) is 0.484. The lowest BCUT2D eigenvalue weighted by atomic mass is 10.1. The molecule has 0 saturated heterocycles. The molecule has 0 aliphatic carbocycles. The summed E-state index contributed by atoms with van der Waals surface area (Å²) in [6, 6.07) is 3.64. The van der Waals surface area contributed by atoms with Crippen molar-refractivity contribution in [3.63, 3.8) is 0 Å². The van der Waals surface area contributed by atoms with E-state index in [0.29, 0.717) is 5.69 Å². The summed E-state index contributed by atoms with van der Waals surface area (Å²) >= 11 is 0. The molecule has 2 heteroatoms. The molecule has 0 unspecified atom stereocenters. The van der Waals surface area contributed by atoms with Gasteiger partial charge in [-0.2, -0.15) is 0 Å². The highest BCUT2D eigenvalue weighted by atomic mass is 16.1. The topological polar surface area (TPSA) is 30.0 Å². The number of hydrogen-bond acceptors (Lipinski definition) is 2. The average Bonchev–Trinajstić information content (AvgIpc) is 2.05. The van der Waals surface area contributed by atoms with Crippen molar-refractivity contribution in [1.29, 1.82) is 0 Å². The van der Waals surface area contributed by atoms with Crippen molar-refractivity contribution in [3.05, 3.63) is 29.6 Å². The van der Waals surface area contributed by atoms with Crippen molar-refractivity contribution in [2.75, 3.05) is 0 Å². The first-order valence-corrected chi connectivity index (χ1v) is 3.64. The van der Waals surface area contributed by atoms with Crippen LogP contribution >= 0.6 is 0 Å². The highest BCUT2D eigenvalue weighted by molar-refractivity contribution is 5.96. The van der Waals surface area contributed by atoms with Crippen LogP contribution in [0.4, 0.5) is 0 Å². The Hall–Kier alpha value is -1.62. The van der Waals surface area contributed by atoms with Gasteiger partial charge in [0.1, 0.15) is 5.69 Å².